The number of aromatic nitrogens is 2. The summed E-state index contributed by atoms with van der Waals surface area (Å²) in [6, 6.07) is 23.3. The third kappa shape index (κ3) is 3.23. The number of amides is 1. The molecule has 0 bridgehead atoms. The Hall–Kier alpha value is -3.53. The predicted molar refractivity (Wildman–Crippen MR) is 99.4 cm³/mol. The molecule has 0 unspecified atom stereocenters. The first-order valence-electron chi connectivity index (χ1n) is 7.97. The van der Waals surface area contributed by atoms with Gasteiger partial charge in [0.1, 0.15) is 0 Å². The average molecular weight is 325 g/mol. The molecule has 120 valence electrons. The van der Waals surface area contributed by atoms with Crippen LogP contribution < -0.4 is 5.32 Å². The molecule has 1 aromatic heterocycles. The summed E-state index contributed by atoms with van der Waals surface area (Å²) < 4.78 is 0. The van der Waals surface area contributed by atoms with E-state index in [1.54, 1.807) is 12.4 Å². The molecule has 0 saturated heterocycles. The largest absolute Gasteiger partial charge is 0.319 e. The van der Waals surface area contributed by atoms with Gasteiger partial charge in [-0.05, 0) is 22.9 Å². The van der Waals surface area contributed by atoms with Gasteiger partial charge in [0.15, 0.2) is 5.82 Å². The standard InChI is InChI=1S/C21H15N3O/c25-21(18-11-10-15-6-4-5-9-17(15)12-18)24-19-13-22-20(23-14-19)16-7-2-1-3-8-16/h1-14H,(H,24,25). The van der Waals surface area contributed by atoms with Gasteiger partial charge in [0.05, 0.1) is 18.1 Å². The highest BCUT2D eigenvalue weighted by molar-refractivity contribution is 6.06. The van der Waals surface area contributed by atoms with Crippen LogP contribution in [0.4, 0.5) is 5.69 Å². The summed E-state index contributed by atoms with van der Waals surface area (Å²) in [5.74, 6) is 0.450. The smallest absolute Gasteiger partial charge is 0.255 e. The minimum atomic E-state index is -0.179. The highest BCUT2D eigenvalue weighted by Crippen LogP contribution is 2.18. The average Bonchev–Trinajstić information content (AvgIpc) is 2.69. The van der Waals surface area contributed by atoms with Crippen molar-refractivity contribution in [2.75, 3.05) is 5.32 Å². The summed E-state index contributed by atoms with van der Waals surface area (Å²) in [5.41, 5.74) is 2.11. The third-order valence-electron chi connectivity index (χ3n) is 3.95. The predicted octanol–water partition coefficient (Wildman–Crippen LogP) is 4.55. The molecule has 25 heavy (non-hydrogen) atoms. The number of hydrogen-bond acceptors (Lipinski definition) is 3. The van der Waals surface area contributed by atoms with Crippen molar-refractivity contribution in [1.82, 2.24) is 9.97 Å². The summed E-state index contributed by atoms with van der Waals surface area (Å²) >= 11 is 0. The molecule has 0 atom stereocenters. The molecule has 3 aromatic carbocycles. The molecule has 0 aliphatic rings. The molecule has 4 heteroatoms. The zero-order valence-corrected chi connectivity index (χ0v) is 13.4. The second kappa shape index (κ2) is 6.53. The van der Waals surface area contributed by atoms with Gasteiger partial charge in [-0.2, -0.15) is 0 Å². The minimum absolute atomic E-state index is 0.179. The van der Waals surface area contributed by atoms with Crippen LogP contribution >= 0.6 is 0 Å². The van der Waals surface area contributed by atoms with Gasteiger partial charge in [0.2, 0.25) is 0 Å². The molecular formula is C21H15N3O. The van der Waals surface area contributed by atoms with Gasteiger partial charge in [-0.15, -0.1) is 0 Å². The Kier molecular flexibility index (Phi) is 3.92. The SMILES string of the molecule is O=C(Nc1cnc(-c2ccccc2)nc1)c1ccc2ccccc2c1. The number of nitrogens with one attached hydrogen (secondary N) is 1. The maximum absolute atomic E-state index is 12.4. The van der Waals surface area contributed by atoms with Crippen LogP contribution in [0.15, 0.2) is 85.2 Å². The number of rotatable bonds is 3. The van der Waals surface area contributed by atoms with Crippen LogP contribution in [0.5, 0.6) is 0 Å². The van der Waals surface area contributed by atoms with Crippen molar-refractivity contribution in [1.29, 1.82) is 0 Å². The van der Waals surface area contributed by atoms with Crippen LogP contribution in [0.3, 0.4) is 0 Å². The van der Waals surface area contributed by atoms with Crippen LogP contribution in [0.2, 0.25) is 0 Å². The van der Waals surface area contributed by atoms with E-state index >= 15 is 0 Å². The first-order chi connectivity index (χ1) is 12.3. The Balaban J connectivity index is 1.53. The summed E-state index contributed by atoms with van der Waals surface area (Å²) in [4.78, 5) is 21.1. The number of benzene rings is 3. The lowest BCUT2D eigenvalue weighted by molar-refractivity contribution is 0.102. The maximum atomic E-state index is 12.4. The van der Waals surface area contributed by atoms with E-state index in [9.17, 15) is 4.79 Å². The zero-order chi connectivity index (χ0) is 17.1. The molecule has 0 aliphatic carbocycles. The van der Waals surface area contributed by atoms with E-state index in [0.29, 0.717) is 17.1 Å². The number of nitrogens with zero attached hydrogens (tertiary/aromatic N) is 2. The highest BCUT2D eigenvalue weighted by Gasteiger charge is 2.08. The Labute approximate surface area is 145 Å². The summed E-state index contributed by atoms with van der Waals surface area (Å²) in [6.07, 6.45) is 3.24. The van der Waals surface area contributed by atoms with Gasteiger partial charge in [-0.1, -0.05) is 60.7 Å². The number of fused-ring (bicyclic) bond motifs is 1. The van der Waals surface area contributed by atoms with Gasteiger partial charge in [0, 0.05) is 11.1 Å². The van der Waals surface area contributed by atoms with E-state index in [2.05, 4.69) is 15.3 Å². The van der Waals surface area contributed by atoms with E-state index in [4.69, 9.17) is 0 Å². The van der Waals surface area contributed by atoms with Crippen molar-refractivity contribution in [3.05, 3.63) is 90.8 Å². The summed E-state index contributed by atoms with van der Waals surface area (Å²) in [6.45, 7) is 0. The summed E-state index contributed by atoms with van der Waals surface area (Å²) in [5, 5.41) is 4.98. The highest BCUT2D eigenvalue weighted by atomic mass is 16.1. The minimum Gasteiger partial charge on any atom is -0.319 e. The zero-order valence-electron chi connectivity index (χ0n) is 13.4. The van der Waals surface area contributed by atoms with Crippen LogP contribution in [0, 0.1) is 0 Å². The lowest BCUT2D eigenvalue weighted by atomic mass is 10.1. The molecule has 0 fully saturated rings. The Morgan fingerprint density at radius 3 is 2.20 bits per heavy atom. The Bertz CT molecular complexity index is 1030. The quantitative estimate of drug-likeness (QED) is 0.601. The molecular weight excluding hydrogens is 310 g/mol. The molecule has 4 aromatic rings. The number of hydrogen-bond donors (Lipinski definition) is 1. The Morgan fingerprint density at radius 1 is 0.760 bits per heavy atom. The summed E-state index contributed by atoms with van der Waals surface area (Å²) in [7, 11) is 0. The van der Waals surface area contributed by atoms with Crippen molar-refractivity contribution in [3.8, 4) is 11.4 Å². The fourth-order valence-corrected chi connectivity index (χ4v) is 2.66. The maximum Gasteiger partial charge on any atom is 0.255 e. The van der Waals surface area contributed by atoms with E-state index in [1.165, 1.54) is 0 Å². The fourth-order valence-electron chi connectivity index (χ4n) is 2.66. The first-order valence-corrected chi connectivity index (χ1v) is 7.97. The molecule has 1 heterocycles. The van der Waals surface area contributed by atoms with Crippen molar-refractivity contribution in [3.63, 3.8) is 0 Å². The second-order valence-electron chi connectivity index (χ2n) is 5.68. The fraction of sp³-hybridized carbons (Fsp3) is 0. The lowest BCUT2D eigenvalue weighted by Gasteiger charge is -2.07. The van der Waals surface area contributed by atoms with E-state index in [0.717, 1.165) is 16.3 Å². The Morgan fingerprint density at radius 2 is 1.44 bits per heavy atom. The topological polar surface area (TPSA) is 54.9 Å². The van der Waals surface area contributed by atoms with Crippen molar-refractivity contribution >= 4 is 22.4 Å². The normalized spacial score (nSPS) is 10.6. The molecule has 4 rings (SSSR count). The molecule has 1 N–H and O–H groups in total. The van der Waals surface area contributed by atoms with Crippen LogP contribution in [-0.2, 0) is 0 Å². The number of carbonyl (C=O) groups is 1. The van der Waals surface area contributed by atoms with Gasteiger partial charge in [-0.25, -0.2) is 9.97 Å². The molecule has 4 nitrogen and oxygen atoms in total. The van der Waals surface area contributed by atoms with Crippen LogP contribution in [0.25, 0.3) is 22.2 Å². The van der Waals surface area contributed by atoms with E-state index in [-0.39, 0.29) is 5.91 Å². The molecule has 0 aliphatic heterocycles. The second-order valence-corrected chi connectivity index (χ2v) is 5.68. The third-order valence-corrected chi connectivity index (χ3v) is 3.95. The van der Waals surface area contributed by atoms with Gasteiger partial charge < -0.3 is 5.32 Å². The molecule has 1 amide bonds. The van der Waals surface area contributed by atoms with E-state index < -0.39 is 0 Å². The van der Waals surface area contributed by atoms with Gasteiger partial charge in [-0.3, -0.25) is 4.79 Å². The lowest BCUT2D eigenvalue weighted by Crippen LogP contribution is -2.12. The first kappa shape index (κ1) is 15.0. The van der Waals surface area contributed by atoms with Crippen LogP contribution in [-0.4, -0.2) is 15.9 Å². The van der Waals surface area contributed by atoms with E-state index in [1.807, 2.05) is 72.8 Å². The van der Waals surface area contributed by atoms with Crippen LogP contribution in [0.1, 0.15) is 10.4 Å². The monoisotopic (exact) mass is 325 g/mol. The molecule has 0 saturated carbocycles. The van der Waals surface area contributed by atoms with Crippen molar-refractivity contribution in [2.24, 2.45) is 0 Å². The van der Waals surface area contributed by atoms with Gasteiger partial charge >= 0.3 is 0 Å². The number of carbonyl (C=O) groups excluding carboxylic acids is 1. The van der Waals surface area contributed by atoms with Crippen molar-refractivity contribution < 1.29 is 4.79 Å². The van der Waals surface area contributed by atoms with Crippen molar-refractivity contribution in [2.45, 2.75) is 0 Å². The molecule has 0 radical (unpaired) electrons. The number of anilines is 1. The van der Waals surface area contributed by atoms with Gasteiger partial charge in [0.25, 0.3) is 5.91 Å². The molecule has 0 spiro atoms.